The summed E-state index contributed by atoms with van der Waals surface area (Å²) in [7, 11) is 0. The van der Waals surface area contributed by atoms with Crippen molar-refractivity contribution in [3.63, 3.8) is 0 Å². The smallest absolute Gasteiger partial charge is 0.267 e. The van der Waals surface area contributed by atoms with Crippen LogP contribution in [0, 0.1) is 0 Å². The zero-order valence-electron chi connectivity index (χ0n) is 12.4. The summed E-state index contributed by atoms with van der Waals surface area (Å²) in [5, 5.41) is 2.83. The average molecular weight is 290 g/mol. The summed E-state index contributed by atoms with van der Waals surface area (Å²) in [4.78, 5) is 26.5. The summed E-state index contributed by atoms with van der Waals surface area (Å²) in [6, 6.07) is 1.28. The second-order valence-corrected chi connectivity index (χ2v) is 5.12. The second-order valence-electron chi connectivity index (χ2n) is 5.12. The Morgan fingerprint density at radius 3 is 2.95 bits per heavy atom. The molecule has 2 rings (SSSR count). The van der Waals surface area contributed by atoms with Crippen molar-refractivity contribution in [2.45, 2.75) is 39.0 Å². The molecular weight excluding hydrogens is 268 g/mol. The first-order valence-corrected chi connectivity index (χ1v) is 7.52. The Bertz CT molecular complexity index is 575. The van der Waals surface area contributed by atoms with E-state index in [1.54, 1.807) is 6.92 Å². The van der Waals surface area contributed by atoms with Crippen molar-refractivity contribution in [1.82, 2.24) is 10.3 Å². The molecule has 0 bridgehead atoms. The summed E-state index contributed by atoms with van der Waals surface area (Å²) in [6.07, 6.45) is 9.38. The highest BCUT2D eigenvalue weighted by molar-refractivity contribution is 5.92. The van der Waals surface area contributed by atoms with E-state index >= 15 is 0 Å². The largest absolute Gasteiger partial charge is 0.488 e. The van der Waals surface area contributed by atoms with Gasteiger partial charge in [0.15, 0.2) is 5.75 Å². The summed E-state index contributed by atoms with van der Waals surface area (Å²) in [5.74, 6) is -0.0204. The highest BCUT2D eigenvalue weighted by atomic mass is 16.5. The predicted molar refractivity (Wildman–Crippen MR) is 81.7 cm³/mol. The third kappa shape index (κ3) is 4.48. The van der Waals surface area contributed by atoms with Crippen LogP contribution in [0.5, 0.6) is 5.75 Å². The van der Waals surface area contributed by atoms with Gasteiger partial charge in [-0.25, -0.2) is 0 Å². The first-order valence-electron chi connectivity index (χ1n) is 7.52. The van der Waals surface area contributed by atoms with Crippen LogP contribution >= 0.6 is 0 Å². The van der Waals surface area contributed by atoms with Gasteiger partial charge in [-0.3, -0.25) is 9.59 Å². The fourth-order valence-electron chi connectivity index (χ4n) is 2.42. The van der Waals surface area contributed by atoms with E-state index in [2.05, 4.69) is 16.4 Å². The highest BCUT2D eigenvalue weighted by Gasteiger charge is 2.10. The Hall–Kier alpha value is -2.04. The van der Waals surface area contributed by atoms with Gasteiger partial charge in [-0.2, -0.15) is 0 Å². The average Bonchev–Trinajstić information content (AvgIpc) is 2.50. The standard InChI is InChI=1S/C16H22N2O3/c1-2-21-15-11-18-13(10-14(15)19)16(20)17-9-8-12-6-4-3-5-7-12/h6,10-11H,2-5,7-9H2,1H3,(H,17,20)(H,18,19). The number of hydrogen-bond donors (Lipinski definition) is 2. The molecule has 0 aromatic carbocycles. The molecule has 0 saturated carbocycles. The lowest BCUT2D eigenvalue weighted by atomic mass is 9.97. The molecule has 0 radical (unpaired) electrons. The molecule has 114 valence electrons. The second kappa shape index (κ2) is 7.67. The molecule has 5 nitrogen and oxygen atoms in total. The molecule has 0 fully saturated rings. The molecular formula is C16H22N2O3. The van der Waals surface area contributed by atoms with Gasteiger partial charge >= 0.3 is 0 Å². The number of hydrogen-bond acceptors (Lipinski definition) is 3. The van der Waals surface area contributed by atoms with E-state index < -0.39 is 0 Å². The molecule has 1 amide bonds. The van der Waals surface area contributed by atoms with Crippen LogP contribution in [0.3, 0.4) is 0 Å². The number of H-pyrrole nitrogens is 1. The van der Waals surface area contributed by atoms with Gasteiger partial charge in [0.1, 0.15) is 5.69 Å². The van der Waals surface area contributed by atoms with Gasteiger partial charge in [0.25, 0.3) is 5.91 Å². The number of pyridine rings is 1. The molecule has 5 heteroatoms. The first kappa shape index (κ1) is 15.4. The van der Waals surface area contributed by atoms with Crippen LogP contribution in [-0.4, -0.2) is 24.0 Å². The van der Waals surface area contributed by atoms with Crippen molar-refractivity contribution in [3.8, 4) is 5.75 Å². The Kier molecular flexibility index (Phi) is 5.60. The van der Waals surface area contributed by atoms with E-state index in [4.69, 9.17) is 4.74 Å². The van der Waals surface area contributed by atoms with Crippen molar-refractivity contribution < 1.29 is 9.53 Å². The number of ether oxygens (including phenoxy) is 1. The fraction of sp³-hybridized carbons (Fsp3) is 0.500. The van der Waals surface area contributed by atoms with E-state index in [1.807, 2.05) is 0 Å². The minimum Gasteiger partial charge on any atom is -0.488 e. The number of carbonyl (C=O) groups excluding carboxylic acids is 1. The van der Waals surface area contributed by atoms with E-state index in [9.17, 15) is 9.59 Å². The number of carbonyl (C=O) groups is 1. The zero-order valence-corrected chi connectivity index (χ0v) is 12.4. The molecule has 0 unspecified atom stereocenters. The molecule has 1 heterocycles. The Morgan fingerprint density at radius 1 is 1.43 bits per heavy atom. The number of nitrogens with one attached hydrogen (secondary N) is 2. The minimum absolute atomic E-state index is 0.237. The van der Waals surface area contributed by atoms with Gasteiger partial charge in [-0.1, -0.05) is 11.6 Å². The number of allylic oxidation sites excluding steroid dienone is 1. The summed E-state index contributed by atoms with van der Waals surface area (Å²) in [6.45, 7) is 2.82. The van der Waals surface area contributed by atoms with Crippen LogP contribution in [-0.2, 0) is 0 Å². The lowest BCUT2D eigenvalue weighted by Gasteiger charge is -2.13. The normalized spacial score (nSPS) is 14.4. The van der Waals surface area contributed by atoms with Crippen LogP contribution in [0.15, 0.2) is 28.7 Å². The molecule has 0 aliphatic heterocycles. The third-order valence-corrected chi connectivity index (χ3v) is 3.54. The van der Waals surface area contributed by atoms with E-state index in [0.29, 0.717) is 13.2 Å². The minimum atomic E-state index is -0.282. The number of rotatable bonds is 6. The van der Waals surface area contributed by atoms with Gasteiger partial charge in [0, 0.05) is 18.8 Å². The van der Waals surface area contributed by atoms with Gasteiger partial charge < -0.3 is 15.0 Å². The molecule has 2 N–H and O–H groups in total. The van der Waals surface area contributed by atoms with Gasteiger partial charge in [0.05, 0.1) is 6.61 Å². The molecule has 1 aliphatic carbocycles. The van der Waals surface area contributed by atoms with Crippen LogP contribution < -0.4 is 15.5 Å². The molecule has 0 spiro atoms. The van der Waals surface area contributed by atoms with Crippen molar-refractivity contribution in [2.75, 3.05) is 13.2 Å². The molecule has 0 atom stereocenters. The van der Waals surface area contributed by atoms with E-state index in [1.165, 1.54) is 30.7 Å². The number of aromatic nitrogens is 1. The summed E-state index contributed by atoms with van der Waals surface area (Å²) in [5.41, 5.74) is 1.40. The maximum Gasteiger partial charge on any atom is 0.267 e. The molecule has 1 aromatic rings. The van der Waals surface area contributed by atoms with E-state index in [0.717, 1.165) is 19.3 Å². The lowest BCUT2D eigenvalue weighted by molar-refractivity contribution is 0.0949. The Labute approximate surface area is 124 Å². The Balaban J connectivity index is 1.86. The van der Waals surface area contributed by atoms with Crippen LogP contribution in [0.25, 0.3) is 0 Å². The van der Waals surface area contributed by atoms with Crippen LogP contribution in [0.2, 0.25) is 0 Å². The SMILES string of the molecule is CCOc1c[nH]c(C(=O)NCCC2=CCCCC2)cc1=O. The third-order valence-electron chi connectivity index (χ3n) is 3.54. The Morgan fingerprint density at radius 2 is 2.29 bits per heavy atom. The van der Waals surface area contributed by atoms with E-state index in [-0.39, 0.29) is 22.8 Å². The van der Waals surface area contributed by atoms with Crippen molar-refractivity contribution in [2.24, 2.45) is 0 Å². The van der Waals surface area contributed by atoms with Crippen LogP contribution in [0.1, 0.15) is 49.5 Å². The molecule has 21 heavy (non-hydrogen) atoms. The first-order chi connectivity index (χ1) is 10.2. The number of aromatic amines is 1. The highest BCUT2D eigenvalue weighted by Crippen LogP contribution is 2.19. The summed E-state index contributed by atoms with van der Waals surface area (Å²) >= 11 is 0. The van der Waals surface area contributed by atoms with Crippen molar-refractivity contribution in [3.05, 3.63) is 39.8 Å². The molecule has 1 aromatic heterocycles. The quantitative estimate of drug-likeness (QED) is 0.790. The molecule has 0 saturated heterocycles. The van der Waals surface area contributed by atoms with Crippen LogP contribution in [0.4, 0.5) is 0 Å². The van der Waals surface area contributed by atoms with Gasteiger partial charge in [0.2, 0.25) is 5.43 Å². The maximum atomic E-state index is 12.0. The van der Waals surface area contributed by atoms with Crippen molar-refractivity contribution in [1.29, 1.82) is 0 Å². The van der Waals surface area contributed by atoms with Gasteiger partial charge in [-0.05, 0) is 39.0 Å². The topological polar surface area (TPSA) is 71.2 Å². The summed E-state index contributed by atoms with van der Waals surface area (Å²) < 4.78 is 5.15. The molecule has 1 aliphatic rings. The monoisotopic (exact) mass is 290 g/mol. The fourth-order valence-corrected chi connectivity index (χ4v) is 2.42. The predicted octanol–water partition coefficient (Wildman–Crippen LogP) is 2.39. The zero-order chi connectivity index (χ0) is 15.1. The maximum absolute atomic E-state index is 12.0. The number of amides is 1. The lowest BCUT2D eigenvalue weighted by Crippen LogP contribution is -2.27. The van der Waals surface area contributed by atoms with Gasteiger partial charge in [-0.15, -0.1) is 0 Å². The van der Waals surface area contributed by atoms with Crippen molar-refractivity contribution >= 4 is 5.91 Å².